The molecule has 1 fully saturated rings. The van der Waals surface area contributed by atoms with Crippen molar-refractivity contribution < 1.29 is 4.74 Å². The first kappa shape index (κ1) is 14.1. The van der Waals surface area contributed by atoms with Gasteiger partial charge in [0.2, 0.25) is 0 Å². The summed E-state index contributed by atoms with van der Waals surface area (Å²) < 4.78 is 6.45. The molecule has 2 rings (SSSR count). The summed E-state index contributed by atoms with van der Waals surface area (Å²) in [6.45, 7) is 1.59. The summed E-state index contributed by atoms with van der Waals surface area (Å²) in [5.41, 5.74) is 0.796. The van der Waals surface area contributed by atoms with Crippen molar-refractivity contribution in [1.29, 1.82) is 0 Å². The van der Waals surface area contributed by atoms with Gasteiger partial charge < -0.3 is 15.4 Å². The van der Waals surface area contributed by atoms with E-state index in [1.165, 1.54) is 0 Å². The summed E-state index contributed by atoms with van der Waals surface area (Å²) in [6.07, 6.45) is 2.49. The van der Waals surface area contributed by atoms with Gasteiger partial charge in [-0.1, -0.05) is 27.5 Å². The molecule has 1 atom stereocenters. The maximum absolute atomic E-state index is 6.10. The van der Waals surface area contributed by atoms with Crippen molar-refractivity contribution in [2.24, 2.45) is 0 Å². The molecular formula is C12H14BrClN2OS. The van der Waals surface area contributed by atoms with E-state index in [2.05, 4.69) is 26.6 Å². The van der Waals surface area contributed by atoms with Crippen LogP contribution in [-0.4, -0.2) is 24.4 Å². The molecule has 1 aromatic carbocycles. The van der Waals surface area contributed by atoms with Crippen LogP contribution in [0.2, 0.25) is 5.02 Å². The van der Waals surface area contributed by atoms with Crippen molar-refractivity contribution in [3.63, 3.8) is 0 Å². The smallest absolute Gasteiger partial charge is 0.170 e. The Labute approximate surface area is 125 Å². The monoisotopic (exact) mass is 348 g/mol. The van der Waals surface area contributed by atoms with Crippen molar-refractivity contribution in [1.82, 2.24) is 5.32 Å². The molecule has 98 valence electrons. The van der Waals surface area contributed by atoms with Crippen LogP contribution in [0.3, 0.4) is 0 Å². The molecule has 0 radical (unpaired) electrons. The van der Waals surface area contributed by atoms with Crippen LogP contribution in [-0.2, 0) is 4.74 Å². The second-order valence-electron chi connectivity index (χ2n) is 4.09. The van der Waals surface area contributed by atoms with E-state index in [0.717, 1.165) is 36.2 Å². The predicted molar refractivity (Wildman–Crippen MR) is 82.3 cm³/mol. The molecule has 1 heterocycles. The lowest BCUT2D eigenvalue weighted by Crippen LogP contribution is -2.34. The Morgan fingerprint density at radius 1 is 1.56 bits per heavy atom. The zero-order chi connectivity index (χ0) is 13.0. The molecule has 1 aromatic rings. The Balaban J connectivity index is 1.82. The minimum Gasteiger partial charge on any atom is -0.376 e. The van der Waals surface area contributed by atoms with E-state index in [1.54, 1.807) is 0 Å². The number of hydrogen-bond donors (Lipinski definition) is 2. The second-order valence-corrected chi connectivity index (χ2v) is 5.83. The molecule has 0 aliphatic carbocycles. The highest BCUT2D eigenvalue weighted by Gasteiger charge is 2.15. The first-order chi connectivity index (χ1) is 8.65. The molecule has 1 saturated heterocycles. The minimum atomic E-state index is 0.269. The molecule has 0 bridgehead atoms. The molecular weight excluding hydrogens is 336 g/mol. The van der Waals surface area contributed by atoms with Crippen molar-refractivity contribution in [3.8, 4) is 0 Å². The van der Waals surface area contributed by atoms with Crippen LogP contribution in [0.25, 0.3) is 0 Å². The van der Waals surface area contributed by atoms with E-state index in [4.69, 9.17) is 28.6 Å². The Hall–Kier alpha value is -0.360. The van der Waals surface area contributed by atoms with Gasteiger partial charge in [0.05, 0.1) is 16.8 Å². The van der Waals surface area contributed by atoms with Crippen molar-refractivity contribution in [2.45, 2.75) is 18.9 Å². The zero-order valence-corrected chi connectivity index (χ0v) is 12.9. The van der Waals surface area contributed by atoms with Gasteiger partial charge in [0.25, 0.3) is 0 Å². The predicted octanol–water partition coefficient (Wildman–Crippen LogP) is 3.57. The number of nitrogens with one attached hydrogen (secondary N) is 2. The summed E-state index contributed by atoms with van der Waals surface area (Å²) in [7, 11) is 0. The lowest BCUT2D eigenvalue weighted by atomic mass is 10.2. The average Bonchev–Trinajstić information content (AvgIpc) is 2.83. The molecule has 6 heteroatoms. The Bertz CT molecular complexity index is 438. The Morgan fingerprint density at radius 2 is 2.39 bits per heavy atom. The topological polar surface area (TPSA) is 33.3 Å². The Kier molecular flexibility index (Phi) is 5.24. The summed E-state index contributed by atoms with van der Waals surface area (Å²) >= 11 is 14.7. The van der Waals surface area contributed by atoms with Gasteiger partial charge in [-0.25, -0.2) is 0 Å². The summed E-state index contributed by atoms with van der Waals surface area (Å²) in [6, 6.07) is 5.62. The van der Waals surface area contributed by atoms with Crippen LogP contribution >= 0.6 is 39.7 Å². The summed E-state index contributed by atoms with van der Waals surface area (Å²) in [4.78, 5) is 0. The van der Waals surface area contributed by atoms with E-state index in [0.29, 0.717) is 10.1 Å². The van der Waals surface area contributed by atoms with Crippen LogP contribution in [0.4, 0.5) is 5.69 Å². The molecule has 1 unspecified atom stereocenters. The number of ether oxygens (including phenoxy) is 1. The highest BCUT2D eigenvalue weighted by atomic mass is 79.9. The molecule has 3 nitrogen and oxygen atoms in total. The maximum atomic E-state index is 6.10. The fourth-order valence-electron chi connectivity index (χ4n) is 1.77. The molecule has 0 aromatic heterocycles. The van der Waals surface area contributed by atoms with Gasteiger partial charge in [0.1, 0.15) is 0 Å². The van der Waals surface area contributed by atoms with Crippen molar-refractivity contribution >= 4 is 50.5 Å². The van der Waals surface area contributed by atoms with Crippen LogP contribution in [0.1, 0.15) is 12.8 Å². The quantitative estimate of drug-likeness (QED) is 0.817. The van der Waals surface area contributed by atoms with Gasteiger partial charge in [0.15, 0.2) is 5.11 Å². The molecule has 2 N–H and O–H groups in total. The molecule has 0 saturated carbocycles. The number of anilines is 1. The van der Waals surface area contributed by atoms with Crippen LogP contribution in [0, 0.1) is 0 Å². The average molecular weight is 350 g/mol. The molecule has 0 spiro atoms. The standard InChI is InChI=1S/C12H14BrClN2OS/c13-8-3-4-11(10(14)6-8)16-12(18)15-7-9-2-1-5-17-9/h3-4,6,9H,1-2,5,7H2,(H2,15,16,18). The normalized spacial score (nSPS) is 18.7. The first-order valence-corrected chi connectivity index (χ1v) is 7.34. The van der Waals surface area contributed by atoms with E-state index >= 15 is 0 Å². The van der Waals surface area contributed by atoms with Crippen LogP contribution < -0.4 is 10.6 Å². The SMILES string of the molecule is S=C(NCC1CCCO1)Nc1ccc(Br)cc1Cl. The van der Waals surface area contributed by atoms with Crippen molar-refractivity contribution in [2.75, 3.05) is 18.5 Å². The lowest BCUT2D eigenvalue weighted by Gasteiger charge is -2.14. The highest BCUT2D eigenvalue weighted by molar-refractivity contribution is 9.10. The maximum Gasteiger partial charge on any atom is 0.170 e. The Morgan fingerprint density at radius 3 is 3.06 bits per heavy atom. The zero-order valence-electron chi connectivity index (χ0n) is 9.71. The fourth-order valence-corrected chi connectivity index (χ4v) is 2.68. The number of halogens is 2. The first-order valence-electron chi connectivity index (χ1n) is 5.76. The minimum absolute atomic E-state index is 0.269. The van der Waals surface area contributed by atoms with E-state index in [-0.39, 0.29) is 6.10 Å². The molecule has 1 aliphatic heterocycles. The second kappa shape index (κ2) is 6.70. The van der Waals surface area contributed by atoms with E-state index < -0.39 is 0 Å². The number of hydrogen-bond acceptors (Lipinski definition) is 2. The lowest BCUT2D eigenvalue weighted by molar-refractivity contribution is 0.114. The van der Waals surface area contributed by atoms with Crippen LogP contribution in [0.15, 0.2) is 22.7 Å². The van der Waals surface area contributed by atoms with Gasteiger partial charge in [0, 0.05) is 17.6 Å². The summed E-state index contributed by atoms with van der Waals surface area (Å²) in [5, 5.41) is 7.41. The van der Waals surface area contributed by atoms with Crippen molar-refractivity contribution in [3.05, 3.63) is 27.7 Å². The molecule has 1 aliphatic rings. The highest BCUT2D eigenvalue weighted by Crippen LogP contribution is 2.25. The van der Waals surface area contributed by atoms with Gasteiger partial charge in [-0.3, -0.25) is 0 Å². The third kappa shape index (κ3) is 4.09. The molecule has 0 amide bonds. The van der Waals surface area contributed by atoms with Gasteiger partial charge in [-0.15, -0.1) is 0 Å². The van der Waals surface area contributed by atoms with E-state index in [1.807, 2.05) is 18.2 Å². The van der Waals surface area contributed by atoms with Gasteiger partial charge in [-0.05, 0) is 43.3 Å². The third-order valence-electron chi connectivity index (χ3n) is 2.69. The number of thiocarbonyl (C=S) groups is 1. The third-order valence-corrected chi connectivity index (χ3v) is 3.75. The number of rotatable bonds is 3. The molecule has 18 heavy (non-hydrogen) atoms. The number of benzene rings is 1. The largest absolute Gasteiger partial charge is 0.376 e. The van der Waals surface area contributed by atoms with Gasteiger partial charge >= 0.3 is 0 Å². The summed E-state index contributed by atoms with van der Waals surface area (Å²) in [5.74, 6) is 0. The van der Waals surface area contributed by atoms with Crippen LogP contribution in [0.5, 0.6) is 0 Å². The fraction of sp³-hybridized carbons (Fsp3) is 0.417. The van der Waals surface area contributed by atoms with Gasteiger partial charge in [-0.2, -0.15) is 0 Å². The van der Waals surface area contributed by atoms with E-state index in [9.17, 15) is 0 Å².